The van der Waals surface area contributed by atoms with Gasteiger partial charge in [-0.15, -0.1) is 11.3 Å². The normalized spacial score (nSPS) is 10.8. The van der Waals surface area contributed by atoms with Crippen LogP contribution in [0, 0.1) is 0 Å². The van der Waals surface area contributed by atoms with Crippen molar-refractivity contribution in [3.63, 3.8) is 0 Å². The molecular formula is C9H8N3O5S. The van der Waals surface area contributed by atoms with Gasteiger partial charge in [0.1, 0.15) is 12.3 Å². The van der Waals surface area contributed by atoms with E-state index in [1.54, 1.807) is 0 Å². The number of oxime groups is 1. The molecule has 0 aliphatic carbocycles. The van der Waals surface area contributed by atoms with Crippen molar-refractivity contribution in [1.82, 2.24) is 4.98 Å². The first-order valence-corrected chi connectivity index (χ1v) is 5.51. The molecule has 0 bridgehead atoms. The highest BCUT2D eigenvalue weighted by Crippen LogP contribution is 2.14. The number of thiazole rings is 1. The minimum atomic E-state index is -1.03. The number of rotatable bonds is 8. The second-order valence-electron chi connectivity index (χ2n) is 2.82. The van der Waals surface area contributed by atoms with Crippen LogP contribution in [0.15, 0.2) is 10.5 Å². The lowest BCUT2D eigenvalue weighted by atomic mass is 10.3. The zero-order chi connectivity index (χ0) is 13.4. The van der Waals surface area contributed by atoms with Crippen molar-refractivity contribution < 1.29 is 24.3 Å². The number of carboxylic acids is 1. The molecule has 1 heterocycles. The minimum Gasteiger partial charge on any atom is -0.481 e. The highest BCUT2D eigenvalue weighted by atomic mass is 32.1. The smallest absolute Gasteiger partial charge is 0.306 e. The second-order valence-corrected chi connectivity index (χ2v) is 3.68. The first-order chi connectivity index (χ1) is 8.67. The van der Waals surface area contributed by atoms with E-state index >= 15 is 0 Å². The molecular weight excluding hydrogens is 262 g/mol. The Morgan fingerprint density at radius 1 is 1.72 bits per heavy atom. The number of hydrogen-bond donors (Lipinski definition) is 2. The number of nitrogens with one attached hydrogen (secondary N) is 1. The summed E-state index contributed by atoms with van der Waals surface area (Å²) in [6, 6.07) is 0. The first kappa shape index (κ1) is 13.8. The number of anilines is 1. The van der Waals surface area contributed by atoms with Crippen LogP contribution in [0.4, 0.5) is 5.13 Å². The number of carbonyl (C=O) groups is 2. The Morgan fingerprint density at radius 3 is 3.11 bits per heavy atom. The third-order valence-corrected chi connectivity index (χ3v) is 2.36. The highest BCUT2D eigenvalue weighted by Gasteiger charge is 2.10. The number of carbonyl (C=O) groups excluding carboxylic acids is 2. The molecule has 1 aromatic heterocycles. The van der Waals surface area contributed by atoms with E-state index in [2.05, 4.69) is 20.3 Å². The molecule has 95 valence electrons. The molecule has 0 aliphatic heterocycles. The molecule has 9 heteroatoms. The van der Waals surface area contributed by atoms with E-state index < -0.39 is 5.97 Å². The summed E-state index contributed by atoms with van der Waals surface area (Å²) in [5, 5.41) is 15.9. The van der Waals surface area contributed by atoms with Crippen molar-refractivity contribution in [2.75, 3.05) is 11.9 Å². The first-order valence-electron chi connectivity index (χ1n) is 4.63. The molecule has 0 aliphatic rings. The lowest BCUT2D eigenvalue weighted by Crippen LogP contribution is -2.06. The van der Waals surface area contributed by atoms with E-state index in [1.807, 2.05) is 0 Å². The van der Waals surface area contributed by atoms with Gasteiger partial charge < -0.3 is 15.3 Å². The van der Waals surface area contributed by atoms with Crippen LogP contribution in [0.5, 0.6) is 0 Å². The van der Waals surface area contributed by atoms with Gasteiger partial charge in [0, 0.05) is 5.38 Å². The zero-order valence-corrected chi connectivity index (χ0v) is 9.77. The third-order valence-electron chi connectivity index (χ3n) is 1.59. The summed E-state index contributed by atoms with van der Waals surface area (Å²) in [5.74, 6) is -1.03. The standard InChI is InChI=1S/C9H8N3O5S/c13-3-6(12-17-2-1-8(15)16)7-4-18-9(11-7)10-5-14/h4-5H,1-2H2,(H,15,16)(H,10,11,14)/b12-6-. The topological polar surface area (TPSA) is 118 Å². The van der Waals surface area contributed by atoms with E-state index in [1.165, 1.54) is 11.7 Å². The summed E-state index contributed by atoms with van der Waals surface area (Å²) in [6.07, 6.45) is 1.74. The summed E-state index contributed by atoms with van der Waals surface area (Å²) >= 11 is 1.10. The number of carboxylic acid groups (broad SMARTS) is 1. The molecule has 0 fully saturated rings. The predicted octanol–water partition coefficient (Wildman–Crippen LogP) is 0.0165. The van der Waals surface area contributed by atoms with Crippen molar-refractivity contribution in [1.29, 1.82) is 0 Å². The van der Waals surface area contributed by atoms with Crippen LogP contribution in [0.3, 0.4) is 0 Å². The maximum Gasteiger partial charge on any atom is 0.306 e. The van der Waals surface area contributed by atoms with Gasteiger partial charge >= 0.3 is 5.97 Å². The van der Waals surface area contributed by atoms with Crippen LogP contribution in [0.25, 0.3) is 0 Å². The molecule has 1 amide bonds. The van der Waals surface area contributed by atoms with E-state index in [4.69, 9.17) is 5.11 Å². The van der Waals surface area contributed by atoms with Gasteiger partial charge in [-0.3, -0.25) is 14.4 Å². The van der Waals surface area contributed by atoms with Gasteiger partial charge in [0.25, 0.3) is 6.29 Å². The van der Waals surface area contributed by atoms with Gasteiger partial charge in [-0.2, -0.15) is 0 Å². The lowest BCUT2D eigenvalue weighted by molar-refractivity contribution is -0.138. The average Bonchev–Trinajstić information content (AvgIpc) is 2.78. The number of aromatic nitrogens is 1. The van der Waals surface area contributed by atoms with Gasteiger partial charge in [-0.25, -0.2) is 4.98 Å². The molecule has 8 nitrogen and oxygen atoms in total. The Bertz CT molecular complexity index is 471. The maximum absolute atomic E-state index is 10.6. The van der Waals surface area contributed by atoms with Crippen molar-refractivity contribution >= 4 is 40.8 Å². The van der Waals surface area contributed by atoms with Crippen molar-refractivity contribution in [3.05, 3.63) is 11.1 Å². The zero-order valence-electron chi connectivity index (χ0n) is 8.95. The van der Waals surface area contributed by atoms with E-state index in [0.717, 1.165) is 11.3 Å². The van der Waals surface area contributed by atoms with Crippen LogP contribution in [0.1, 0.15) is 12.1 Å². The molecule has 0 spiro atoms. The van der Waals surface area contributed by atoms with E-state index in [0.29, 0.717) is 11.5 Å². The summed E-state index contributed by atoms with van der Waals surface area (Å²) in [7, 11) is 0. The minimum absolute atomic E-state index is 0.163. The largest absolute Gasteiger partial charge is 0.481 e. The molecule has 0 saturated carbocycles. The fourth-order valence-electron chi connectivity index (χ4n) is 0.860. The Morgan fingerprint density at radius 2 is 2.50 bits per heavy atom. The summed E-state index contributed by atoms with van der Waals surface area (Å²) in [4.78, 5) is 39.5. The SMILES string of the molecule is O=[C]/C(=N/OCCC(=O)O)c1csc(NC=O)n1. The van der Waals surface area contributed by atoms with Crippen LogP contribution in [-0.4, -0.2) is 41.1 Å². The Balaban J connectivity index is 2.63. The fourth-order valence-corrected chi connectivity index (χ4v) is 1.51. The molecule has 1 aromatic rings. The van der Waals surface area contributed by atoms with Crippen molar-refractivity contribution in [2.24, 2.45) is 5.16 Å². The van der Waals surface area contributed by atoms with Crippen molar-refractivity contribution in [3.8, 4) is 0 Å². The molecule has 0 unspecified atom stereocenters. The molecule has 1 rings (SSSR count). The Kier molecular flexibility index (Phi) is 5.45. The quantitative estimate of drug-likeness (QED) is 0.297. The maximum atomic E-state index is 10.6. The summed E-state index contributed by atoms with van der Waals surface area (Å²) < 4.78 is 0. The second kappa shape index (κ2) is 7.12. The van der Waals surface area contributed by atoms with Crippen LogP contribution in [0.2, 0.25) is 0 Å². The number of nitrogens with zero attached hydrogens (tertiary/aromatic N) is 2. The molecule has 18 heavy (non-hydrogen) atoms. The third kappa shape index (κ3) is 4.29. The molecule has 0 atom stereocenters. The number of amides is 1. The summed E-state index contributed by atoms with van der Waals surface area (Å²) in [6.45, 7) is -0.163. The molecule has 1 radical (unpaired) electrons. The number of hydrogen-bond acceptors (Lipinski definition) is 7. The highest BCUT2D eigenvalue weighted by molar-refractivity contribution is 7.14. The van der Waals surface area contributed by atoms with Crippen LogP contribution in [-0.2, 0) is 19.2 Å². The van der Waals surface area contributed by atoms with E-state index in [-0.39, 0.29) is 24.4 Å². The van der Waals surface area contributed by atoms with Gasteiger partial charge in [-0.05, 0) is 0 Å². The van der Waals surface area contributed by atoms with Crippen molar-refractivity contribution in [2.45, 2.75) is 6.42 Å². The fraction of sp³-hybridized carbons (Fsp3) is 0.222. The van der Waals surface area contributed by atoms with Crippen LogP contribution >= 0.6 is 11.3 Å². The van der Waals surface area contributed by atoms with Gasteiger partial charge in [-0.1, -0.05) is 5.16 Å². The Labute approximate surface area is 105 Å². The van der Waals surface area contributed by atoms with Crippen LogP contribution < -0.4 is 5.32 Å². The average molecular weight is 270 g/mol. The predicted molar refractivity (Wildman–Crippen MR) is 62.2 cm³/mol. The lowest BCUT2D eigenvalue weighted by Gasteiger charge is -1.96. The van der Waals surface area contributed by atoms with Gasteiger partial charge in [0.15, 0.2) is 10.8 Å². The van der Waals surface area contributed by atoms with E-state index in [9.17, 15) is 14.4 Å². The van der Waals surface area contributed by atoms with Gasteiger partial charge in [0.2, 0.25) is 6.41 Å². The summed E-state index contributed by atoms with van der Waals surface area (Å²) in [5.41, 5.74) is -0.00902. The monoisotopic (exact) mass is 270 g/mol. The number of aliphatic carboxylic acids is 1. The molecule has 0 aromatic carbocycles. The molecule has 2 N–H and O–H groups in total. The molecule has 0 saturated heterocycles. The Hall–Kier alpha value is -2.29. The van der Waals surface area contributed by atoms with Gasteiger partial charge in [0.05, 0.1) is 6.42 Å².